The van der Waals surface area contributed by atoms with Gasteiger partial charge in [0.1, 0.15) is 54.2 Å². The van der Waals surface area contributed by atoms with Crippen LogP contribution >= 0.6 is 35.6 Å². The Bertz CT molecular complexity index is 3660. The van der Waals surface area contributed by atoms with Crippen molar-refractivity contribution in [2.45, 2.75) is 58.4 Å². The maximum absolute atomic E-state index is 12.6. The van der Waals surface area contributed by atoms with Crippen molar-refractivity contribution >= 4 is 70.2 Å². The number of anilines is 2. The van der Waals surface area contributed by atoms with Crippen molar-refractivity contribution in [2.75, 3.05) is 49.2 Å². The fraction of sp³-hybridized carbons (Fsp3) is 0.333. The normalized spacial score (nSPS) is 19.2. The van der Waals surface area contributed by atoms with E-state index in [1.807, 2.05) is 42.6 Å². The quantitative estimate of drug-likeness (QED) is 0.0741. The Kier molecular flexibility index (Phi) is 17.4. The number of carboxylic acid groups (broad SMARTS) is 1. The minimum atomic E-state index is -1.11. The van der Waals surface area contributed by atoms with E-state index in [2.05, 4.69) is 52.4 Å². The standard InChI is InChI=1S/C28H26ClN7O3.C22H24N6O2.C6H4ClNO2.CH4.ClH/c1-28(2,38)15-39-18-8-19(26-17(9-30)11-33-36(26)12-18)16-5-6-23(32-10-16)35-13-20-21(14-35)24(20)34-27(37)25-22(29)4-3-7-31-25;1-22(2,29)12-30-15-5-16(21-14(6-23)8-26-28(21)9-15)13-3-4-19(25-7-13)27-10-17-18(11-27)20(17)24;7-4-2-1-3-8-5(4)6(9)10;;/h3-8,10-12,20-21,24,38H,13-15H2,1-2H3,(H,34,37);3-5,7-9,17-18,20,29H,10-12,24H2,1-2H3;1-3H,(H,9,10);1H4;1H/t20-,21+,24?;17-,18+,20?;;;. The van der Waals surface area contributed by atoms with Crippen LogP contribution in [0.4, 0.5) is 11.6 Å². The highest BCUT2D eigenvalue weighted by Gasteiger charge is 2.57. The van der Waals surface area contributed by atoms with E-state index in [0.717, 1.165) is 60.1 Å². The highest BCUT2D eigenvalue weighted by Crippen LogP contribution is 2.47. The number of aromatic nitrogens is 8. The molecule has 0 aromatic carbocycles. The number of piperidine rings is 2. The fourth-order valence-corrected chi connectivity index (χ4v) is 10.4. The molecule has 6 atom stereocenters. The minimum Gasteiger partial charge on any atom is -0.489 e. The van der Waals surface area contributed by atoms with Crippen LogP contribution in [-0.4, -0.2) is 129 Å². The van der Waals surface area contributed by atoms with E-state index in [1.165, 1.54) is 18.5 Å². The zero-order valence-electron chi connectivity index (χ0n) is 43.7. The van der Waals surface area contributed by atoms with Gasteiger partial charge in [0.05, 0.1) is 68.2 Å². The number of nitrogens with two attached hydrogens (primary N) is 1. The number of aliphatic hydroxyl groups is 2. The monoisotopic (exact) mass is 1160 g/mol. The Morgan fingerprint density at radius 1 is 0.691 bits per heavy atom. The van der Waals surface area contributed by atoms with Crippen LogP contribution in [0.15, 0.2) is 110 Å². The number of ether oxygens (including phenoxy) is 2. The van der Waals surface area contributed by atoms with E-state index in [1.54, 1.807) is 85.9 Å². The van der Waals surface area contributed by atoms with Crippen LogP contribution in [0.25, 0.3) is 33.3 Å². The molecule has 8 aromatic rings. The summed E-state index contributed by atoms with van der Waals surface area (Å²) in [5.41, 5.74) is 9.78. The number of fused-ring (bicyclic) bond motifs is 4. The zero-order valence-corrected chi connectivity index (χ0v) is 46.0. The second kappa shape index (κ2) is 23.9. The number of rotatable bonds is 13. The van der Waals surface area contributed by atoms with Gasteiger partial charge in [-0.05, 0) is 100 Å². The van der Waals surface area contributed by atoms with Crippen molar-refractivity contribution in [1.82, 2.24) is 44.5 Å². The number of nitrogens with one attached hydrogen (secondary N) is 1. The molecule has 2 aliphatic heterocycles. The van der Waals surface area contributed by atoms with Gasteiger partial charge < -0.3 is 45.6 Å². The molecule has 4 aliphatic rings. The Morgan fingerprint density at radius 3 is 1.49 bits per heavy atom. The Hall–Kier alpha value is -8.15. The Labute approximate surface area is 482 Å². The van der Waals surface area contributed by atoms with Crippen molar-refractivity contribution in [2.24, 2.45) is 29.4 Å². The van der Waals surface area contributed by atoms with Crippen molar-refractivity contribution in [3.8, 4) is 45.9 Å². The summed E-state index contributed by atoms with van der Waals surface area (Å²) in [6, 6.07) is 22.9. The molecule has 10 heterocycles. The molecule has 1 amide bonds. The predicted octanol–water partition coefficient (Wildman–Crippen LogP) is 7.63. The van der Waals surface area contributed by atoms with Gasteiger partial charge in [-0.2, -0.15) is 20.7 Å². The number of carboxylic acids is 1. The third-order valence-corrected chi connectivity index (χ3v) is 14.7. The van der Waals surface area contributed by atoms with E-state index in [4.69, 9.17) is 48.5 Å². The van der Waals surface area contributed by atoms with Crippen LogP contribution in [0.3, 0.4) is 0 Å². The van der Waals surface area contributed by atoms with Gasteiger partial charge in [0.2, 0.25) is 0 Å². The predicted molar refractivity (Wildman–Crippen MR) is 307 cm³/mol. The van der Waals surface area contributed by atoms with Gasteiger partial charge in [-0.3, -0.25) is 4.79 Å². The molecule has 2 aliphatic carbocycles. The van der Waals surface area contributed by atoms with Crippen LogP contribution in [0.1, 0.15) is 67.2 Å². The highest BCUT2D eigenvalue weighted by atomic mass is 35.5. The van der Waals surface area contributed by atoms with Gasteiger partial charge in [-0.25, -0.2) is 33.8 Å². The summed E-state index contributed by atoms with van der Waals surface area (Å²) in [5, 5.41) is 59.8. The first kappa shape index (κ1) is 59.0. The minimum absolute atomic E-state index is 0. The Morgan fingerprint density at radius 2 is 1.12 bits per heavy atom. The number of nitrogens with zero attached hydrogens (tertiary/aromatic N) is 12. The number of nitriles is 2. The lowest BCUT2D eigenvalue weighted by Gasteiger charge is -2.21. The van der Waals surface area contributed by atoms with Crippen LogP contribution < -0.4 is 30.3 Å². The first-order valence-corrected chi connectivity index (χ1v) is 26.0. The Balaban J connectivity index is 0.000000181. The number of hydrogen-bond donors (Lipinski definition) is 5. The maximum Gasteiger partial charge on any atom is 0.356 e. The van der Waals surface area contributed by atoms with Crippen molar-refractivity contribution in [3.05, 3.63) is 143 Å². The number of amides is 1. The topological polar surface area (TPSA) is 292 Å². The first-order valence-electron chi connectivity index (χ1n) is 25.2. The molecule has 420 valence electrons. The molecule has 8 aromatic heterocycles. The third kappa shape index (κ3) is 13.1. The fourth-order valence-electron chi connectivity index (χ4n) is 9.94. The smallest absolute Gasteiger partial charge is 0.356 e. The molecular weight excluding hydrogens is 1100 g/mol. The van der Waals surface area contributed by atoms with Crippen LogP contribution in [0, 0.1) is 46.3 Å². The van der Waals surface area contributed by atoms with Gasteiger partial charge in [0.15, 0.2) is 5.69 Å². The van der Waals surface area contributed by atoms with E-state index < -0.39 is 17.2 Å². The first-order chi connectivity index (χ1) is 37.8. The SMILES string of the molecule is C.CC(C)(O)COc1cc(-c2ccc(N3C[C@@H]4C(N)[C@@H]4C3)nc2)c2c(C#N)cnn2c1.CC(C)(O)COc1cc(-c2ccc(N3C[C@@H]4C(NC(=O)c5ncccc5Cl)[C@@H]4C3)nc2)c2c(C#N)cnn2c1.Cl.O=C(O)c1ncccc1Cl. The number of carbonyl (C=O) groups excluding carboxylic acids is 1. The number of carbonyl (C=O) groups is 2. The number of hydrogen-bond acceptors (Lipinski definition) is 17. The van der Waals surface area contributed by atoms with E-state index in [0.29, 0.717) is 68.4 Å². The largest absolute Gasteiger partial charge is 0.489 e. The molecule has 6 N–H and O–H groups in total. The summed E-state index contributed by atoms with van der Waals surface area (Å²) >= 11 is 11.6. The lowest BCUT2D eigenvalue weighted by molar-refractivity contribution is 0.0280. The molecule has 0 bridgehead atoms. The van der Waals surface area contributed by atoms with Gasteiger partial charge >= 0.3 is 5.97 Å². The number of halogens is 3. The molecule has 12 rings (SSSR count). The summed E-state index contributed by atoms with van der Waals surface area (Å²) in [6.45, 7) is 10.5. The summed E-state index contributed by atoms with van der Waals surface area (Å²) in [4.78, 5) is 44.4. The van der Waals surface area contributed by atoms with Gasteiger partial charge in [0, 0.05) is 97.1 Å². The summed E-state index contributed by atoms with van der Waals surface area (Å²) in [7, 11) is 0. The van der Waals surface area contributed by atoms with E-state index in [-0.39, 0.29) is 61.4 Å². The maximum atomic E-state index is 12.6. The van der Waals surface area contributed by atoms with Gasteiger partial charge in [-0.1, -0.05) is 30.6 Å². The van der Waals surface area contributed by atoms with Gasteiger partial charge in [0.25, 0.3) is 5.91 Å². The molecule has 0 radical (unpaired) electrons. The lowest BCUT2D eigenvalue weighted by atomic mass is 10.1. The number of aromatic carboxylic acids is 1. The summed E-state index contributed by atoms with van der Waals surface area (Å²) in [6.07, 6.45) is 13.0. The second-order valence-corrected chi connectivity index (χ2v) is 21.9. The zero-order chi connectivity index (χ0) is 55.9. The van der Waals surface area contributed by atoms with Crippen molar-refractivity contribution < 1.29 is 34.4 Å². The average molecular weight is 1160 g/mol. The summed E-state index contributed by atoms with van der Waals surface area (Å²) in [5.74, 6) is 3.43. The second-order valence-electron chi connectivity index (χ2n) is 21.1. The third-order valence-electron chi connectivity index (χ3n) is 14.1. The van der Waals surface area contributed by atoms with Crippen molar-refractivity contribution in [1.29, 1.82) is 10.5 Å². The molecule has 24 heteroatoms. The molecule has 81 heavy (non-hydrogen) atoms. The summed E-state index contributed by atoms with van der Waals surface area (Å²) < 4.78 is 14.8. The molecule has 2 unspecified atom stereocenters. The number of pyridine rings is 6. The average Bonchev–Trinajstić information content (AvgIpc) is 4.04. The van der Waals surface area contributed by atoms with Crippen LogP contribution in [0.5, 0.6) is 11.5 Å². The van der Waals surface area contributed by atoms with E-state index in [9.17, 15) is 30.3 Å². The molecule has 21 nitrogen and oxygen atoms in total. The lowest BCUT2D eigenvalue weighted by Crippen LogP contribution is -2.35. The molecule has 0 spiro atoms. The molecule has 4 fully saturated rings. The van der Waals surface area contributed by atoms with Gasteiger partial charge in [-0.15, -0.1) is 12.4 Å². The molecular formula is C57H59Cl3N14O7. The molecule has 2 saturated carbocycles. The van der Waals surface area contributed by atoms with E-state index >= 15 is 0 Å². The van der Waals surface area contributed by atoms with Crippen molar-refractivity contribution in [3.63, 3.8) is 0 Å². The molecule has 2 saturated heterocycles. The van der Waals surface area contributed by atoms with Crippen LogP contribution in [-0.2, 0) is 0 Å². The van der Waals surface area contributed by atoms with Crippen LogP contribution in [0.2, 0.25) is 10.0 Å². The highest BCUT2D eigenvalue weighted by molar-refractivity contribution is 6.33.